The van der Waals surface area contributed by atoms with E-state index in [2.05, 4.69) is 5.32 Å². The van der Waals surface area contributed by atoms with Gasteiger partial charge in [-0.15, -0.1) is 0 Å². The first kappa shape index (κ1) is 17.8. The molecule has 21 heavy (non-hydrogen) atoms. The van der Waals surface area contributed by atoms with Crippen LogP contribution in [-0.2, 0) is 9.53 Å². The summed E-state index contributed by atoms with van der Waals surface area (Å²) in [6.45, 7) is 8.33. The maximum absolute atomic E-state index is 12.5. The van der Waals surface area contributed by atoms with Crippen LogP contribution in [0.3, 0.4) is 0 Å². The van der Waals surface area contributed by atoms with Crippen LogP contribution in [0.5, 0.6) is 0 Å². The molecule has 0 aromatic heterocycles. The molecule has 1 unspecified atom stereocenters. The molecule has 0 aromatic carbocycles. The summed E-state index contributed by atoms with van der Waals surface area (Å²) in [4.78, 5) is 25.6. The molecule has 2 amide bonds. The zero-order chi connectivity index (χ0) is 16.2. The summed E-state index contributed by atoms with van der Waals surface area (Å²) in [7, 11) is 1.59. The fourth-order valence-electron chi connectivity index (χ4n) is 2.37. The first-order chi connectivity index (χ1) is 9.68. The number of carbonyl (C=O) groups is 2. The zero-order valence-corrected chi connectivity index (χ0v) is 13.7. The number of carbonyl (C=O) groups excluding carboxylic acids is 1. The Morgan fingerprint density at radius 2 is 1.95 bits per heavy atom. The number of aliphatic carboxylic acids is 1. The van der Waals surface area contributed by atoms with Crippen LogP contribution in [0.15, 0.2) is 0 Å². The Hall–Kier alpha value is -1.30. The molecule has 1 saturated carbocycles. The van der Waals surface area contributed by atoms with E-state index in [9.17, 15) is 14.7 Å². The van der Waals surface area contributed by atoms with Crippen molar-refractivity contribution in [1.29, 1.82) is 0 Å². The van der Waals surface area contributed by atoms with Gasteiger partial charge in [-0.25, -0.2) is 9.59 Å². The van der Waals surface area contributed by atoms with E-state index >= 15 is 0 Å². The Morgan fingerprint density at radius 1 is 1.38 bits per heavy atom. The predicted molar refractivity (Wildman–Crippen MR) is 80.2 cm³/mol. The van der Waals surface area contributed by atoms with Crippen molar-refractivity contribution in [3.63, 3.8) is 0 Å². The number of ether oxygens (including phenoxy) is 1. The third-order valence-corrected chi connectivity index (χ3v) is 3.97. The highest BCUT2D eigenvalue weighted by Gasteiger charge is 2.37. The predicted octanol–water partition coefficient (Wildman–Crippen LogP) is 1.94. The maximum Gasteiger partial charge on any atom is 0.326 e. The first-order valence-electron chi connectivity index (χ1n) is 7.47. The quantitative estimate of drug-likeness (QED) is 0.753. The van der Waals surface area contributed by atoms with Crippen molar-refractivity contribution < 1.29 is 19.4 Å². The van der Waals surface area contributed by atoms with Crippen LogP contribution in [-0.4, -0.2) is 54.4 Å². The van der Waals surface area contributed by atoms with E-state index in [0.29, 0.717) is 19.1 Å². The lowest BCUT2D eigenvalue weighted by Gasteiger charge is -2.34. The Labute approximate surface area is 126 Å². The van der Waals surface area contributed by atoms with Gasteiger partial charge in [0.05, 0.1) is 6.61 Å². The number of amides is 2. The summed E-state index contributed by atoms with van der Waals surface area (Å²) < 4.78 is 5.05. The van der Waals surface area contributed by atoms with E-state index in [-0.39, 0.29) is 12.1 Å². The van der Waals surface area contributed by atoms with Gasteiger partial charge in [-0.05, 0) is 31.1 Å². The molecule has 0 radical (unpaired) electrons. The highest BCUT2D eigenvalue weighted by atomic mass is 16.5. The van der Waals surface area contributed by atoms with Crippen LogP contribution in [0.4, 0.5) is 4.79 Å². The Balaban J connectivity index is 2.76. The van der Waals surface area contributed by atoms with Crippen LogP contribution in [0.1, 0.15) is 40.5 Å². The van der Waals surface area contributed by atoms with Gasteiger partial charge in [0.2, 0.25) is 0 Å². The second-order valence-corrected chi connectivity index (χ2v) is 6.85. The van der Waals surface area contributed by atoms with Crippen molar-refractivity contribution in [2.24, 2.45) is 11.3 Å². The van der Waals surface area contributed by atoms with Gasteiger partial charge in [0, 0.05) is 19.7 Å². The van der Waals surface area contributed by atoms with E-state index in [4.69, 9.17) is 4.74 Å². The molecule has 2 atom stereocenters. The highest BCUT2D eigenvalue weighted by Crippen LogP contribution is 2.35. The van der Waals surface area contributed by atoms with E-state index in [1.807, 2.05) is 6.92 Å². The number of nitrogens with one attached hydrogen (secondary N) is 1. The summed E-state index contributed by atoms with van der Waals surface area (Å²) >= 11 is 0. The second-order valence-electron chi connectivity index (χ2n) is 6.85. The Kier molecular flexibility index (Phi) is 6.01. The SMILES string of the molecule is COCCN(C(=O)N[C@H](C(=O)O)C(C)(C)C)C(C)C1CC1. The fourth-order valence-corrected chi connectivity index (χ4v) is 2.37. The van der Waals surface area contributed by atoms with Gasteiger partial charge in [-0.3, -0.25) is 0 Å². The molecule has 1 aliphatic rings. The Bertz CT molecular complexity index is 374. The average Bonchev–Trinajstić information content (AvgIpc) is 3.18. The molecule has 0 aromatic rings. The minimum Gasteiger partial charge on any atom is -0.480 e. The van der Waals surface area contributed by atoms with Gasteiger partial charge in [0.25, 0.3) is 0 Å². The molecule has 1 fully saturated rings. The van der Waals surface area contributed by atoms with Gasteiger partial charge in [-0.1, -0.05) is 20.8 Å². The smallest absolute Gasteiger partial charge is 0.326 e. The van der Waals surface area contributed by atoms with E-state index in [1.54, 1.807) is 32.8 Å². The highest BCUT2D eigenvalue weighted by molar-refractivity contribution is 5.83. The lowest BCUT2D eigenvalue weighted by molar-refractivity contribution is -0.142. The summed E-state index contributed by atoms with van der Waals surface area (Å²) in [6.07, 6.45) is 2.25. The summed E-state index contributed by atoms with van der Waals surface area (Å²) in [5.74, 6) is -0.493. The molecule has 0 aliphatic heterocycles. The normalized spacial score (nSPS) is 18.0. The molecule has 0 heterocycles. The molecule has 6 heteroatoms. The number of nitrogens with zero attached hydrogens (tertiary/aromatic N) is 1. The number of urea groups is 1. The van der Waals surface area contributed by atoms with E-state index < -0.39 is 17.4 Å². The summed E-state index contributed by atoms with van der Waals surface area (Å²) in [5.41, 5.74) is -0.544. The standard InChI is InChI=1S/C15H28N2O4/c1-10(11-6-7-11)17(8-9-21-5)14(20)16-12(13(18)19)15(2,3)4/h10-12H,6-9H2,1-5H3,(H,16,20)(H,18,19)/t10?,12-/m1/s1. The molecular formula is C15H28N2O4. The summed E-state index contributed by atoms with van der Waals surface area (Å²) in [5, 5.41) is 12.0. The van der Waals surface area contributed by atoms with Crippen molar-refractivity contribution in [2.75, 3.05) is 20.3 Å². The lowest BCUT2D eigenvalue weighted by atomic mass is 9.87. The van der Waals surface area contributed by atoms with Crippen LogP contribution in [0, 0.1) is 11.3 Å². The number of carboxylic acids is 1. The van der Waals surface area contributed by atoms with Gasteiger partial charge >= 0.3 is 12.0 Å². The van der Waals surface area contributed by atoms with Gasteiger partial charge in [0.1, 0.15) is 6.04 Å². The van der Waals surface area contributed by atoms with E-state index in [0.717, 1.165) is 12.8 Å². The molecular weight excluding hydrogens is 272 g/mol. The third kappa shape index (κ3) is 5.19. The van der Waals surface area contributed by atoms with E-state index in [1.165, 1.54) is 0 Å². The molecule has 0 saturated heterocycles. The van der Waals surface area contributed by atoms with Crippen molar-refractivity contribution in [2.45, 2.75) is 52.6 Å². The minimum absolute atomic E-state index is 0.106. The molecule has 0 bridgehead atoms. The molecule has 0 spiro atoms. The summed E-state index contributed by atoms with van der Waals surface area (Å²) in [6, 6.07) is -1.13. The van der Waals surface area contributed by atoms with Gasteiger partial charge < -0.3 is 20.1 Å². The third-order valence-electron chi connectivity index (χ3n) is 3.97. The number of hydrogen-bond acceptors (Lipinski definition) is 3. The van der Waals surface area contributed by atoms with Crippen molar-refractivity contribution in [1.82, 2.24) is 10.2 Å². The molecule has 1 rings (SSSR count). The van der Waals surface area contributed by atoms with Crippen LogP contribution < -0.4 is 5.32 Å². The van der Waals surface area contributed by atoms with Crippen LogP contribution >= 0.6 is 0 Å². The number of hydrogen-bond donors (Lipinski definition) is 2. The number of carboxylic acid groups (broad SMARTS) is 1. The largest absolute Gasteiger partial charge is 0.480 e. The monoisotopic (exact) mass is 300 g/mol. The maximum atomic E-state index is 12.5. The van der Waals surface area contributed by atoms with Crippen LogP contribution in [0.2, 0.25) is 0 Å². The average molecular weight is 300 g/mol. The lowest BCUT2D eigenvalue weighted by Crippen LogP contribution is -2.55. The Morgan fingerprint density at radius 3 is 2.33 bits per heavy atom. The van der Waals surface area contributed by atoms with Crippen molar-refractivity contribution >= 4 is 12.0 Å². The van der Waals surface area contributed by atoms with Crippen molar-refractivity contribution in [3.05, 3.63) is 0 Å². The zero-order valence-electron chi connectivity index (χ0n) is 13.7. The topological polar surface area (TPSA) is 78.9 Å². The second kappa shape index (κ2) is 7.11. The fraction of sp³-hybridized carbons (Fsp3) is 0.867. The molecule has 2 N–H and O–H groups in total. The number of rotatable bonds is 7. The first-order valence-corrected chi connectivity index (χ1v) is 7.47. The van der Waals surface area contributed by atoms with Gasteiger partial charge in [-0.2, -0.15) is 0 Å². The van der Waals surface area contributed by atoms with Crippen molar-refractivity contribution in [3.8, 4) is 0 Å². The number of methoxy groups -OCH3 is 1. The van der Waals surface area contributed by atoms with Gasteiger partial charge in [0.15, 0.2) is 0 Å². The molecule has 6 nitrogen and oxygen atoms in total. The van der Waals surface area contributed by atoms with Crippen LogP contribution in [0.25, 0.3) is 0 Å². The molecule has 1 aliphatic carbocycles. The molecule has 122 valence electrons. The minimum atomic E-state index is -1.01.